The number of rotatable bonds is 8. The molecule has 0 fully saturated rings. The number of nitrogens with zero attached hydrogens (tertiary/aromatic N) is 2. The number of fused-ring (bicyclic) bond motifs is 1. The van der Waals surface area contributed by atoms with E-state index in [9.17, 15) is 13.5 Å². The first-order valence-electron chi connectivity index (χ1n) is 11.2. The fourth-order valence-electron chi connectivity index (χ4n) is 4.58. The van der Waals surface area contributed by atoms with Gasteiger partial charge >= 0.3 is 0 Å². The summed E-state index contributed by atoms with van der Waals surface area (Å²) >= 11 is 1.39. The van der Waals surface area contributed by atoms with Crippen LogP contribution >= 0.6 is 11.8 Å². The fraction of sp³-hybridized carbons (Fsp3) is 0.480. The van der Waals surface area contributed by atoms with E-state index in [0.717, 1.165) is 44.2 Å². The van der Waals surface area contributed by atoms with Crippen LogP contribution in [0.25, 0.3) is 4.85 Å². The summed E-state index contributed by atoms with van der Waals surface area (Å²) in [5, 5.41) is 10.5. The van der Waals surface area contributed by atoms with Crippen LogP contribution in [0.2, 0.25) is 0 Å². The van der Waals surface area contributed by atoms with E-state index in [1.165, 1.54) is 17.8 Å². The van der Waals surface area contributed by atoms with E-state index in [0.29, 0.717) is 22.8 Å². The Labute approximate surface area is 196 Å². The highest BCUT2D eigenvalue weighted by Gasteiger charge is 2.42. The molecule has 1 aliphatic heterocycles. The van der Waals surface area contributed by atoms with Crippen LogP contribution in [0.4, 0.5) is 17.1 Å². The number of hydrogen-bond donors (Lipinski definition) is 1. The van der Waals surface area contributed by atoms with Crippen molar-refractivity contribution in [3.8, 4) is 5.75 Å². The quantitative estimate of drug-likeness (QED) is 0.332. The number of phenols is 1. The smallest absolute Gasteiger partial charge is 0.187 e. The molecule has 7 heteroatoms. The predicted octanol–water partition coefficient (Wildman–Crippen LogP) is 6.96. The van der Waals surface area contributed by atoms with Crippen LogP contribution in [-0.4, -0.2) is 32.1 Å². The molecule has 0 amide bonds. The molecule has 0 radical (unpaired) electrons. The average Bonchev–Trinajstić information content (AvgIpc) is 2.88. The Morgan fingerprint density at radius 3 is 2.28 bits per heavy atom. The number of hydrogen-bond acceptors (Lipinski definition) is 5. The zero-order valence-electron chi connectivity index (χ0n) is 19.1. The molecule has 0 aromatic heterocycles. The van der Waals surface area contributed by atoms with Crippen LogP contribution in [0.5, 0.6) is 5.75 Å². The van der Waals surface area contributed by atoms with E-state index in [-0.39, 0.29) is 21.8 Å². The topological polar surface area (TPSA) is 62.0 Å². The van der Waals surface area contributed by atoms with Gasteiger partial charge in [-0.25, -0.2) is 13.3 Å². The van der Waals surface area contributed by atoms with Gasteiger partial charge in [-0.15, -0.1) is 11.8 Å². The second-order valence-electron chi connectivity index (χ2n) is 8.67. The molecule has 0 bridgehead atoms. The summed E-state index contributed by atoms with van der Waals surface area (Å²) in [5.41, 5.74) is 1.65. The van der Waals surface area contributed by atoms with Gasteiger partial charge in [0.1, 0.15) is 5.75 Å². The third-order valence-corrected chi connectivity index (χ3v) is 9.04. The van der Waals surface area contributed by atoms with Crippen molar-refractivity contribution in [2.75, 3.05) is 23.5 Å². The maximum Gasteiger partial charge on any atom is 0.187 e. The van der Waals surface area contributed by atoms with E-state index < -0.39 is 9.84 Å². The molecule has 2 aromatic carbocycles. The van der Waals surface area contributed by atoms with Crippen molar-refractivity contribution < 1.29 is 13.5 Å². The van der Waals surface area contributed by atoms with Gasteiger partial charge < -0.3 is 10.0 Å². The Morgan fingerprint density at radius 2 is 1.75 bits per heavy atom. The lowest BCUT2D eigenvalue weighted by Crippen LogP contribution is -2.38. The molecular weight excluding hydrogens is 440 g/mol. The number of aromatic hydroxyl groups is 1. The van der Waals surface area contributed by atoms with E-state index in [2.05, 4.69) is 23.6 Å². The number of thioether (sulfide) groups is 1. The zero-order valence-corrected chi connectivity index (χ0v) is 20.7. The van der Waals surface area contributed by atoms with Gasteiger partial charge in [0.05, 0.1) is 27.8 Å². The second kappa shape index (κ2) is 10.2. The lowest BCUT2D eigenvalue weighted by Gasteiger charge is -2.37. The fourth-order valence-corrected chi connectivity index (χ4v) is 7.20. The monoisotopic (exact) mass is 472 g/mol. The van der Waals surface area contributed by atoms with E-state index >= 15 is 0 Å². The van der Waals surface area contributed by atoms with E-state index in [4.69, 9.17) is 6.57 Å². The molecule has 5 nitrogen and oxygen atoms in total. The summed E-state index contributed by atoms with van der Waals surface area (Å²) in [4.78, 5) is 6.43. The summed E-state index contributed by atoms with van der Waals surface area (Å²) < 4.78 is 27.4. The van der Waals surface area contributed by atoms with Gasteiger partial charge in [0, 0.05) is 23.7 Å². The first kappa shape index (κ1) is 24.5. The van der Waals surface area contributed by atoms with Crippen molar-refractivity contribution >= 4 is 38.7 Å². The minimum Gasteiger partial charge on any atom is -0.507 e. The lowest BCUT2D eigenvalue weighted by atomic mass is 9.79. The largest absolute Gasteiger partial charge is 0.507 e. The van der Waals surface area contributed by atoms with Gasteiger partial charge in [-0.3, -0.25) is 0 Å². The third kappa shape index (κ3) is 5.07. The molecule has 1 aliphatic rings. The van der Waals surface area contributed by atoms with E-state index in [1.807, 2.05) is 18.4 Å². The minimum absolute atomic E-state index is 0.00209. The zero-order chi connectivity index (χ0) is 23.4. The number of unbranched alkanes of at least 4 members (excludes halogenated alkanes) is 2. The molecule has 32 heavy (non-hydrogen) atoms. The summed E-state index contributed by atoms with van der Waals surface area (Å²) in [6.45, 7) is 12.1. The molecule has 0 saturated heterocycles. The van der Waals surface area contributed by atoms with Crippen molar-refractivity contribution in [1.82, 2.24) is 0 Å². The van der Waals surface area contributed by atoms with Crippen LogP contribution in [0.1, 0.15) is 52.4 Å². The number of benzene rings is 2. The van der Waals surface area contributed by atoms with Crippen molar-refractivity contribution in [1.29, 1.82) is 0 Å². The highest BCUT2D eigenvalue weighted by molar-refractivity contribution is 7.98. The number of phenolic OH excluding ortho intramolecular Hbond substituents is 1. The molecule has 0 atom stereocenters. The van der Waals surface area contributed by atoms with Crippen molar-refractivity contribution in [2.45, 2.75) is 62.2 Å². The molecule has 0 spiro atoms. The molecule has 0 aliphatic carbocycles. The lowest BCUT2D eigenvalue weighted by molar-refractivity contribution is 0.270. The van der Waals surface area contributed by atoms with Gasteiger partial charge in [-0.05, 0) is 37.3 Å². The Hall–Kier alpha value is -2.17. The Balaban J connectivity index is 2.25. The normalized spacial score (nSPS) is 16.8. The molecule has 1 heterocycles. The summed E-state index contributed by atoms with van der Waals surface area (Å²) in [6, 6.07) is 10.6. The summed E-state index contributed by atoms with van der Waals surface area (Å²) in [6.07, 6.45) is 7.52. The highest BCUT2D eigenvalue weighted by Crippen LogP contribution is 2.47. The number of sulfone groups is 1. The SMILES string of the molecule is [C-]#[N+]c1ccc(N2CC(CCCC)(CCCC)CS(=O)(=O)c3cc(O)c(SC)cc32)cc1. The average molecular weight is 473 g/mol. The van der Waals surface area contributed by atoms with Crippen LogP contribution in [-0.2, 0) is 9.84 Å². The predicted molar refractivity (Wildman–Crippen MR) is 133 cm³/mol. The second-order valence-corrected chi connectivity index (χ2v) is 11.5. The molecular formula is C25H32N2O3S2. The van der Waals surface area contributed by atoms with E-state index in [1.54, 1.807) is 18.2 Å². The van der Waals surface area contributed by atoms with Crippen molar-refractivity contribution in [2.24, 2.45) is 5.41 Å². The summed E-state index contributed by atoms with van der Waals surface area (Å²) in [5.74, 6) is 0.0829. The Bertz CT molecular complexity index is 1080. The molecule has 172 valence electrons. The van der Waals surface area contributed by atoms with Gasteiger partial charge in [-0.2, -0.15) is 0 Å². The highest BCUT2D eigenvalue weighted by atomic mass is 32.2. The van der Waals surface area contributed by atoms with Crippen molar-refractivity contribution in [3.63, 3.8) is 0 Å². The van der Waals surface area contributed by atoms with Crippen LogP contribution in [0, 0.1) is 12.0 Å². The van der Waals surface area contributed by atoms with Gasteiger partial charge in [0.15, 0.2) is 15.5 Å². The van der Waals surface area contributed by atoms with Crippen LogP contribution in [0.3, 0.4) is 0 Å². The maximum absolute atomic E-state index is 13.7. The first-order valence-corrected chi connectivity index (χ1v) is 14.1. The van der Waals surface area contributed by atoms with Gasteiger partial charge in [0.2, 0.25) is 0 Å². The molecule has 0 unspecified atom stereocenters. The first-order chi connectivity index (χ1) is 15.3. The minimum atomic E-state index is -3.61. The third-order valence-electron chi connectivity index (χ3n) is 6.29. The Morgan fingerprint density at radius 1 is 1.12 bits per heavy atom. The van der Waals surface area contributed by atoms with Crippen LogP contribution < -0.4 is 4.90 Å². The molecule has 0 saturated carbocycles. The van der Waals surface area contributed by atoms with Crippen LogP contribution in [0.15, 0.2) is 46.2 Å². The standard InChI is InChI=1S/C25H32N2O3S2/c1-5-7-13-25(14-8-6-2)17-27(20-11-9-19(26-3)10-12-20)21-15-23(31-4)22(28)16-24(21)32(29,30)18-25/h9-12,15-16,28H,5-8,13-14,17-18H2,1-2,4H3. The molecule has 1 N–H and O–H groups in total. The van der Waals surface area contributed by atoms with Gasteiger partial charge in [-0.1, -0.05) is 51.7 Å². The number of anilines is 2. The van der Waals surface area contributed by atoms with Crippen molar-refractivity contribution in [3.05, 3.63) is 47.8 Å². The summed E-state index contributed by atoms with van der Waals surface area (Å²) in [7, 11) is -3.61. The Kier molecular flexibility index (Phi) is 7.79. The molecule has 2 aromatic rings. The maximum atomic E-state index is 13.7. The van der Waals surface area contributed by atoms with Gasteiger partial charge in [0.25, 0.3) is 0 Å². The molecule has 3 rings (SSSR count).